The van der Waals surface area contributed by atoms with Crippen LogP contribution in [0.15, 0.2) is 12.4 Å². The van der Waals surface area contributed by atoms with Crippen LogP contribution in [0.25, 0.3) is 0 Å². The molecular weight excluding hydrogens is 270 g/mol. The molecule has 1 heterocycles. The van der Waals surface area contributed by atoms with Crippen molar-refractivity contribution in [2.75, 3.05) is 0 Å². The molecular formula is C15H23N3O3. The van der Waals surface area contributed by atoms with Gasteiger partial charge in [0.05, 0.1) is 5.92 Å². The van der Waals surface area contributed by atoms with Crippen LogP contribution in [0, 0.1) is 12.8 Å². The molecule has 2 rings (SSSR count). The molecule has 6 heteroatoms. The van der Waals surface area contributed by atoms with E-state index in [0.717, 1.165) is 31.6 Å². The molecule has 1 aliphatic carbocycles. The fraction of sp³-hybridized carbons (Fsp3) is 0.667. The molecule has 1 aromatic heterocycles. The van der Waals surface area contributed by atoms with Crippen LogP contribution in [-0.2, 0) is 16.1 Å². The van der Waals surface area contributed by atoms with E-state index in [1.54, 1.807) is 6.20 Å². The largest absolute Gasteiger partial charge is 0.481 e. The van der Waals surface area contributed by atoms with E-state index < -0.39 is 5.97 Å². The average Bonchev–Trinajstić information content (AvgIpc) is 2.85. The van der Waals surface area contributed by atoms with E-state index in [9.17, 15) is 9.59 Å². The summed E-state index contributed by atoms with van der Waals surface area (Å²) in [6.45, 7) is 2.74. The lowest BCUT2D eigenvalue weighted by Crippen LogP contribution is -2.38. The SMILES string of the molecule is Cc1nccn1CCCC(=O)NC1CCC(C(=O)O)CC1. The second kappa shape index (κ2) is 7.24. The second-order valence-electron chi connectivity index (χ2n) is 5.73. The van der Waals surface area contributed by atoms with E-state index in [1.165, 1.54) is 0 Å². The molecule has 0 unspecified atom stereocenters. The van der Waals surface area contributed by atoms with Crippen molar-refractivity contribution in [2.24, 2.45) is 5.92 Å². The van der Waals surface area contributed by atoms with E-state index in [1.807, 2.05) is 17.7 Å². The van der Waals surface area contributed by atoms with Crippen LogP contribution in [0.2, 0.25) is 0 Å². The fourth-order valence-electron chi connectivity index (χ4n) is 2.83. The average molecular weight is 293 g/mol. The van der Waals surface area contributed by atoms with Gasteiger partial charge in [-0.25, -0.2) is 4.98 Å². The summed E-state index contributed by atoms with van der Waals surface area (Å²) in [7, 11) is 0. The van der Waals surface area contributed by atoms with Crippen molar-refractivity contribution in [1.29, 1.82) is 0 Å². The van der Waals surface area contributed by atoms with E-state index in [2.05, 4.69) is 10.3 Å². The van der Waals surface area contributed by atoms with Gasteiger partial charge in [0.25, 0.3) is 0 Å². The van der Waals surface area contributed by atoms with Gasteiger partial charge in [-0.15, -0.1) is 0 Å². The van der Waals surface area contributed by atoms with Crippen molar-refractivity contribution in [3.05, 3.63) is 18.2 Å². The lowest BCUT2D eigenvalue weighted by molar-refractivity contribution is -0.142. The van der Waals surface area contributed by atoms with Crippen LogP contribution in [0.3, 0.4) is 0 Å². The van der Waals surface area contributed by atoms with Gasteiger partial charge in [0.15, 0.2) is 0 Å². The van der Waals surface area contributed by atoms with Crippen LogP contribution in [-0.4, -0.2) is 32.6 Å². The number of carbonyl (C=O) groups is 2. The standard InChI is InChI=1S/C15H23N3O3/c1-11-16-8-10-18(11)9-2-3-14(19)17-13-6-4-12(5-7-13)15(20)21/h8,10,12-13H,2-7,9H2,1H3,(H,17,19)(H,20,21). The quantitative estimate of drug-likeness (QED) is 0.836. The molecule has 0 spiro atoms. The van der Waals surface area contributed by atoms with Crippen LogP contribution in [0.4, 0.5) is 0 Å². The lowest BCUT2D eigenvalue weighted by Gasteiger charge is -2.26. The monoisotopic (exact) mass is 293 g/mol. The Morgan fingerprint density at radius 2 is 2.10 bits per heavy atom. The molecule has 6 nitrogen and oxygen atoms in total. The minimum Gasteiger partial charge on any atom is -0.481 e. The summed E-state index contributed by atoms with van der Waals surface area (Å²) in [5, 5.41) is 12.0. The van der Waals surface area contributed by atoms with E-state index in [4.69, 9.17) is 5.11 Å². The molecule has 1 amide bonds. The zero-order valence-corrected chi connectivity index (χ0v) is 12.4. The first-order chi connectivity index (χ1) is 10.1. The molecule has 0 atom stereocenters. The summed E-state index contributed by atoms with van der Waals surface area (Å²) in [5.41, 5.74) is 0. The number of nitrogens with zero attached hydrogens (tertiary/aromatic N) is 2. The van der Waals surface area contributed by atoms with Crippen molar-refractivity contribution in [2.45, 2.75) is 58.0 Å². The molecule has 0 aliphatic heterocycles. The smallest absolute Gasteiger partial charge is 0.306 e. The minimum absolute atomic E-state index is 0.0616. The maximum Gasteiger partial charge on any atom is 0.306 e. The molecule has 1 aromatic rings. The third-order valence-electron chi connectivity index (χ3n) is 4.17. The highest BCUT2D eigenvalue weighted by Gasteiger charge is 2.26. The Hall–Kier alpha value is -1.85. The number of hydrogen-bond acceptors (Lipinski definition) is 3. The number of rotatable bonds is 6. The number of carbonyl (C=O) groups excluding carboxylic acids is 1. The number of aryl methyl sites for hydroxylation is 2. The number of aromatic nitrogens is 2. The molecule has 21 heavy (non-hydrogen) atoms. The molecule has 0 bridgehead atoms. The van der Waals surface area contributed by atoms with Gasteiger partial charge in [-0.1, -0.05) is 0 Å². The highest BCUT2D eigenvalue weighted by Crippen LogP contribution is 2.24. The maximum absolute atomic E-state index is 11.9. The van der Waals surface area contributed by atoms with Gasteiger partial charge in [0, 0.05) is 31.4 Å². The summed E-state index contributed by atoms with van der Waals surface area (Å²) in [6.07, 6.45) is 7.82. The first-order valence-electron chi connectivity index (χ1n) is 7.56. The Kier molecular flexibility index (Phi) is 5.36. The number of nitrogens with one attached hydrogen (secondary N) is 1. The molecule has 1 aliphatic rings. The number of aliphatic carboxylic acids is 1. The molecule has 0 saturated heterocycles. The first-order valence-corrected chi connectivity index (χ1v) is 7.56. The van der Waals surface area contributed by atoms with Gasteiger partial charge in [-0.2, -0.15) is 0 Å². The third kappa shape index (κ3) is 4.58. The van der Waals surface area contributed by atoms with E-state index >= 15 is 0 Å². The van der Waals surface area contributed by atoms with E-state index in [-0.39, 0.29) is 17.9 Å². The Balaban J connectivity index is 1.64. The molecule has 1 fully saturated rings. The Morgan fingerprint density at radius 1 is 1.38 bits per heavy atom. The number of carboxylic acid groups (broad SMARTS) is 1. The van der Waals surface area contributed by atoms with Gasteiger partial charge >= 0.3 is 5.97 Å². The summed E-state index contributed by atoms with van der Waals surface area (Å²) in [5.74, 6) is 0.0757. The van der Waals surface area contributed by atoms with Gasteiger partial charge in [0.2, 0.25) is 5.91 Å². The zero-order valence-electron chi connectivity index (χ0n) is 12.4. The minimum atomic E-state index is -0.713. The summed E-state index contributed by atoms with van der Waals surface area (Å²) in [6, 6.07) is 0.142. The molecule has 0 aromatic carbocycles. The third-order valence-corrected chi connectivity index (χ3v) is 4.17. The number of amides is 1. The predicted molar refractivity (Wildman–Crippen MR) is 77.7 cm³/mol. The number of carboxylic acids is 1. The Bertz CT molecular complexity index is 490. The summed E-state index contributed by atoms with van der Waals surface area (Å²) >= 11 is 0. The maximum atomic E-state index is 11.9. The van der Waals surface area contributed by atoms with Crippen LogP contribution < -0.4 is 5.32 Å². The number of imidazole rings is 1. The fourth-order valence-corrected chi connectivity index (χ4v) is 2.83. The van der Waals surface area contributed by atoms with Crippen molar-refractivity contribution in [1.82, 2.24) is 14.9 Å². The Morgan fingerprint density at radius 3 is 2.67 bits per heavy atom. The normalized spacial score (nSPS) is 22.0. The van der Waals surface area contributed by atoms with Crippen molar-refractivity contribution < 1.29 is 14.7 Å². The summed E-state index contributed by atoms with van der Waals surface area (Å²) < 4.78 is 2.03. The van der Waals surface area contributed by atoms with Crippen LogP contribution in [0.5, 0.6) is 0 Å². The predicted octanol–water partition coefficient (Wildman–Crippen LogP) is 1.73. The van der Waals surface area contributed by atoms with Gasteiger partial charge < -0.3 is 15.0 Å². The summed E-state index contributed by atoms with van der Waals surface area (Å²) in [4.78, 5) is 26.9. The zero-order chi connectivity index (χ0) is 15.2. The van der Waals surface area contributed by atoms with Crippen molar-refractivity contribution in [3.63, 3.8) is 0 Å². The second-order valence-corrected chi connectivity index (χ2v) is 5.73. The molecule has 0 radical (unpaired) electrons. The van der Waals surface area contributed by atoms with Crippen molar-refractivity contribution >= 4 is 11.9 Å². The lowest BCUT2D eigenvalue weighted by atomic mass is 9.86. The van der Waals surface area contributed by atoms with Gasteiger partial charge in [-0.05, 0) is 39.0 Å². The highest BCUT2D eigenvalue weighted by molar-refractivity contribution is 5.76. The van der Waals surface area contributed by atoms with Crippen LogP contribution in [0.1, 0.15) is 44.3 Å². The Labute approximate surface area is 124 Å². The van der Waals surface area contributed by atoms with Gasteiger partial charge in [0.1, 0.15) is 5.82 Å². The van der Waals surface area contributed by atoms with Crippen molar-refractivity contribution in [3.8, 4) is 0 Å². The van der Waals surface area contributed by atoms with Crippen LogP contribution >= 0.6 is 0 Å². The molecule has 1 saturated carbocycles. The molecule has 116 valence electrons. The topological polar surface area (TPSA) is 84.2 Å². The first kappa shape index (κ1) is 15.5. The number of hydrogen-bond donors (Lipinski definition) is 2. The highest BCUT2D eigenvalue weighted by atomic mass is 16.4. The van der Waals surface area contributed by atoms with Gasteiger partial charge in [-0.3, -0.25) is 9.59 Å². The molecule has 2 N–H and O–H groups in total. The van der Waals surface area contributed by atoms with E-state index in [0.29, 0.717) is 19.3 Å².